The van der Waals surface area contributed by atoms with Gasteiger partial charge >= 0.3 is 0 Å². The summed E-state index contributed by atoms with van der Waals surface area (Å²) in [4.78, 5) is 26.2. The number of carbonyl (C=O) groups excluding carboxylic acids is 1. The van der Waals surface area contributed by atoms with Gasteiger partial charge in [0.15, 0.2) is 0 Å². The average Bonchev–Trinajstić information content (AvgIpc) is 2.78. The number of pyridine rings is 1. The van der Waals surface area contributed by atoms with E-state index in [0.29, 0.717) is 20.6 Å². The smallest absolute Gasteiger partial charge is 0.287 e. The monoisotopic (exact) mass is 297 g/mol. The van der Waals surface area contributed by atoms with Crippen molar-refractivity contribution in [3.05, 3.63) is 49.3 Å². The molecule has 1 amide bonds. The molecular formula is C11H8ClN3O3S. The van der Waals surface area contributed by atoms with Crippen molar-refractivity contribution < 1.29 is 9.72 Å². The summed E-state index contributed by atoms with van der Waals surface area (Å²) >= 11 is 6.89. The highest BCUT2D eigenvalue weighted by atomic mass is 35.5. The molecule has 6 nitrogen and oxygen atoms in total. The first kappa shape index (κ1) is 13.4. The van der Waals surface area contributed by atoms with E-state index in [1.807, 2.05) is 0 Å². The normalized spacial score (nSPS) is 10.2. The summed E-state index contributed by atoms with van der Waals surface area (Å²) < 4.78 is 0.513. The van der Waals surface area contributed by atoms with Crippen LogP contribution in [0, 0.1) is 17.0 Å². The molecule has 0 aliphatic rings. The molecule has 0 spiro atoms. The van der Waals surface area contributed by atoms with Crippen molar-refractivity contribution in [2.45, 2.75) is 6.92 Å². The number of amides is 1. The molecule has 8 heteroatoms. The summed E-state index contributed by atoms with van der Waals surface area (Å²) in [6.07, 6.45) is 1.10. The summed E-state index contributed by atoms with van der Waals surface area (Å²) in [6, 6.07) is 4.57. The number of thiophene rings is 1. The van der Waals surface area contributed by atoms with Gasteiger partial charge in [-0.15, -0.1) is 11.3 Å². The molecule has 0 aliphatic heterocycles. The Hall–Kier alpha value is -1.99. The molecule has 19 heavy (non-hydrogen) atoms. The SMILES string of the molecule is Cc1cc([N+](=O)[O-])cnc1NC(=O)c1ccc(Cl)s1. The number of hydrogen-bond donors (Lipinski definition) is 1. The van der Waals surface area contributed by atoms with Gasteiger partial charge in [0.1, 0.15) is 12.0 Å². The zero-order chi connectivity index (χ0) is 14.0. The molecule has 0 aromatic carbocycles. The molecule has 2 rings (SSSR count). The zero-order valence-corrected chi connectivity index (χ0v) is 11.3. The first-order chi connectivity index (χ1) is 8.97. The molecule has 2 aromatic rings. The highest BCUT2D eigenvalue weighted by Crippen LogP contribution is 2.23. The van der Waals surface area contributed by atoms with Crippen LogP contribution in [-0.4, -0.2) is 15.8 Å². The lowest BCUT2D eigenvalue weighted by Crippen LogP contribution is -2.12. The second kappa shape index (κ2) is 5.33. The molecule has 0 saturated carbocycles. The number of rotatable bonds is 3. The Labute approximate surface area is 117 Å². The molecule has 0 saturated heterocycles. The number of nitrogens with zero attached hydrogens (tertiary/aromatic N) is 2. The highest BCUT2D eigenvalue weighted by molar-refractivity contribution is 7.18. The summed E-state index contributed by atoms with van der Waals surface area (Å²) in [5.41, 5.74) is 0.403. The van der Waals surface area contributed by atoms with Crippen LogP contribution in [-0.2, 0) is 0 Å². The summed E-state index contributed by atoms with van der Waals surface area (Å²) in [6.45, 7) is 1.64. The molecule has 2 heterocycles. The van der Waals surface area contributed by atoms with Crippen LogP contribution in [0.15, 0.2) is 24.4 Å². The second-order valence-corrected chi connectivity index (χ2v) is 5.39. The highest BCUT2D eigenvalue weighted by Gasteiger charge is 2.13. The minimum absolute atomic E-state index is 0.116. The van der Waals surface area contributed by atoms with Crippen LogP contribution >= 0.6 is 22.9 Å². The zero-order valence-electron chi connectivity index (χ0n) is 9.71. The maximum Gasteiger partial charge on any atom is 0.287 e. The Kier molecular flexibility index (Phi) is 3.77. The fourth-order valence-electron chi connectivity index (χ4n) is 1.40. The van der Waals surface area contributed by atoms with Crippen LogP contribution in [0.5, 0.6) is 0 Å². The Morgan fingerprint density at radius 2 is 2.26 bits per heavy atom. The number of aromatic nitrogens is 1. The third kappa shape index (κ3) is 3.07. The van der Waals surface area contributed by atoms with Crippen molar-refractivity contribution in [3.8, 4) is 0 Å². The van der Waals surface area contributed by atoms with Gasteiger partial charge < -0.3 is 5.32 Å². The van der Waals surface area contributed by atoms with Crippen molar-refractivity contribution in [1.82, 2.24) is 4.98 Å². The van der Waals surface area contributed by atoms with Crippen molar-refractivity contribution in [2.75, 3.05) is 5.32 Å². The number of hydrogen-bond acceptors (Lipinski definition) is 5. The lowest BCUT2D eigenvalue weighted by Gasteiger charge is -2.05. The molecule has 0 bridgehead atoms. The van der Waals surface area contributed by atoms with Gasteiger partial charge in [-0.05, 0) is 24.6 Å². The van der Waals surface area contributed by atoms with Gasteiger partial charge in [0.25, 0.3) is 11.6 Å². The molecule has 0 radical (unpaired) electrons. The van der Waals surface area contributed by atoms with E-state index < -0.39 is 4.92 Å². The van der Waals surface area contributed by atoms with E-state index in [1.165, 1.54) is 6.07 Å². The fourth-order valence-corrected chi connectivity index (χ4v) is 2.33. The topological polar surface area (TPSA) is 85.1 Å². The Bertz CT molecular complexity index is 656. The van der Waals surface area contributed by atoms with Crippen LogP contribution in [0.25, 0.3) is 0 Å². The maximum atomic E-state index is 11.9. The first-order valence-corrected chi connectivity index (χ1v) is 6.34. The molecule has 0 aliphatic carbocycles. The predicted octanol–water partition coefficient (Wildman–Crippen LogP) is 3.27. The van der Waals surface area contributed by atoms with E-state index in [4.69, 9.17) is 11.6 Å². The van der Waals surface area contributed by atoms with Crippen LogP contribution in [0.2, 0.25) is 4.34 Å². The van der Waals surface area contributed by atoms with E-state index in [-0.39, 0.29) is 11.6 Å². The van der Waals surface area contributed by atoms with E-state index in [1.54, 1.807) is 19.1 Å². The molecule has 1 N–H and O–H groups in total. The molecule has 98 valence electrons. The van der Waals surface area contributed by atoms with E-state index >= 15 is 0 Å². The summed E-state index contributed by atoms with van der Waals surface area (Å²) in [7, 11) is 0. The van der Waals surface area contributed by atoms with Gasteiger partial charge in [0.05, 0.1) is 14.1 Å². The molecular weight excluding hydrogens is 290 g/mol. The number of nitro groups is 1. The van der Waals surface area contributed by atoms with Crippen LogP contribution in [0.1, 0.15) is 15.2 Å². The van der Waals surface area contributed by atoms with Gasteiger partial charge in [-0.3, -0.25) is 14.9 Å². The van der Waals surface area contributed by atoms with Crippen LogP contribution in [0.4, 0.5) is 11.5 Å². The first-order valence-electron chi connectivity index (χ1n) is 5.15. The number of nitrogens with one attached hydrogen (secondary N) is 1. The van der Waals surface area contributed by atoms with Gasteiger partial charge in [0.2, 0.25) is 0 Å². The average molecular weight is 298 g/mol. The Morgan fingerprint density at radius 3 is 2.79 bits per heavy atom. The number of carbonyl (C=O) groups is 1. The van der Waals surface area contributed by atoms with Crippen molar-refractivity contribution >= 4 is 40.4 Å². The number of aryl methyl sites for hydroxylation is 1. The fraction of sp³-hybridized carbons (Fsp3) is 0.0909. The van der Waals surface area contributed by atoms with E-state index in [9.17, 15) is 14.9 Å². The standard InChI is InChI=1S/C11H8ClN3O3S/c1-6-4-7(15(17)18)5-13-10(6)14-11(16)8-2-3-9(12)19-8/h2-5H,1H3,(H,13,14,16). The maximum absolute atomic E-state index is 11.9. The minimum atomic E-state index is -0.537. The van der Waals surface area contributed by atoms with E-state index in [2.05, 4.69) is 10.3 Å². The van der Waals surface area contributed by atoms with Gasteiger partial charge in [-0.1, -0.05) is 11.6 Å². The third-order valence-corrected chi connectivity index (χ3v) is 3.53. The summed E-state index contributed by atoms with van der Waals surface area (Å²) in [5, 5.41) is 13.2. The lowest BCUT2D eigenvalue weighted by atomic mass is 10.2. The van der Waals surface area contributed by atoms with Gasteiger partial charge in [-0.25, -0.2) is 4.98 Å². The third-order valence-electron chi connectivity index (χ3n) is 2.30. The molecule has 0 atom stereocenters. The summed E-state index contributed by atoms with van der Waals surface area (Å²) in [5.74, 6) is -0.0542. The second-order valence-electron chi connectivity index (χ2n) is 3.67. The van der Waals surface area contributed by atoms with Crippen LogP contribution < -0.4 is 5.32 Å². The number of anilines is 1. The minimum Gasteiger partial charge on any atom is -0.306 e. The Morgan fingerprint density at radius 1 is 1.53 bits per heavy atom. The molecule has 2 aromatic heterocycles. The van der Waals surface area contributed by atoms with E-state index in [0.717, 1.165) is 17.5 Å². The quantitative estimate of drug-likeness (QED) is 0.696. The molecule has 0 unspecified atom stereocenters. The van der Waals surface area contributed by atoms with Crippen molar-refractivity contribution in [1.29, 1.82) is 0 Å². The van der Waals surface area contributed by atoms with Gasteiger partial charge in [0, 0.05) is 6.07 Å². The van der Waals surface area contributed by atoms with Gasteiger partial charge in [-0.2, -0.15) is 0 Å². The van der Waals surface area contributed by atoms with Crippen LogP contribution in [0.3, 0.4) is 0 Å². The largest absolute Gasteiger partial charge is 0.306 e. The Balaban J connectivity index is 2.20. The molecule has 0 fully saturated rings. The van der Waals surface area contributed by atoms with Crippen molar-refractivity contribution in [2.24, 2.45) is 0 Å². The number of halogens is 1. The predicted molar refractivity (Wildman–Crippen MR) is 72.9 cm³/mol. The lowest BCUT2D eigenvalue weighted by molar-refractivity contribution is -0.385. The van der Waals surface area contributed by atoms with Crippen molar-refractivity contribution in [3.63, 3.8) is 0 Å².